The fourth-order valence-corrected chi connectivity index (χ4v) is 3.62. The minimum atomic E-state index is -0.0696. The molecule has 0 saturated carbocycles. The molecule has 0 aliphatic carbocycles. The van der Waals surface area contributed by atoms with Crippen molar-refractivity contribution in [1.82, 2.24) is 19.4 Å². The third-order valence-electron chi connectivity index (χ3n) is 4.91. The van der Waals surface area contributed by atoms with Crippen LogP contribution in [0.15, 0.2) is 54.9 Å². The van der Waals surface area contributed by atoms with Gasteiger partial charge in [0, 0.05) is 41.1 Å². The molecule has 0 spiro atoms. The van der Waals surface area contributed by atoms with Crippen LogP contribution in [0, 0.1) is 0 Å². The second-order valence-corrected chi connectivity index (χ2v) is 8.31. The minimum Gasteiger partial charge on any atom is -0.497 e. The van der Waals surface area contributed by atoms with Crippen molar-refractivity contribution >= 4 is 29.1 Å². The van der Waals surface area contributed by atoms with Gasteiger partial charge in [0.25, 0.3) is 5.91 Å². The highest BCUT2D eigenvalue weighted by Gasteiger charge is 2.19. The van der Waals surface area contributed by atoms with Crippen molar-refractivity contribution in [2.45, 2.75) is 13.1 Å². The zero-order valence-corrected chi connectivity index (χ0v) is 19.4. The molecule has 6 nitrogen and oxygen atoms in total. The van der Waals surface area contributed by atoms with E-state index >= 15 is 0 Å². The van der Waals surface area contributed by atoms with Crippen LogP contribution in [0.5, 0.6) is 5.75 Å². The van der Waals surface area contributed by atoms with Gasteiger partial charge in [-0.3, -0.25) is 4.79 Å². The van der Waals surface area contributed by atoms with Crippen molar-refractivity contribution in [1.29, 1.82) is 0 Å². The van der Waals surface area contributed by atoms with Gasteiger partial charge < -0.3 is 19.1 Å². The lowest BCUT2D eigenvalue weighted by Gasteiger charge is -2.25. The number of hydrogen-bond donors (Lipinski definition) is 0. The lowest BCUT2D eigenvalue weighted by molar-refractivity contribution is 0.0725. The maximum absolute atomic E-state index is 13.3. The molecule has 0 bridgehead atoms. The monoisotopic (exact) mass is 460 g/mol. The van der Waals surface area contributed by atoms with Crippen LogP contribution in [0.2, 0.25) is 10.0 Å². The van der Waals surface area contributed by atoms with Crippen LogP contribution >= 0.6 is 23.2 Å². The molecule has 0 atom stereocenters. The largest absolute Gasteiger partial charge is 0.497 e. The van der Waals surface area contributed by atoms with Crippen LogP contribution in [-0.4, -0.2) is 59.6 Å². The van der Waals surface area contributed by atoms with Crippen LogP contribution in [0.4, 0.5) is 0 Å². The van der Waals surface area contributed by atoms with Crippen LogP contribution in [-0.2, 0) is 13.1 Å². The Labute approximate surface area is 193 Å². The number of amides is 1. The summed E-state index contributed by atoms with van der Waals surface area (Å²) < 4.78 is 7.27. The number of imidazole rings is 1. The van der Waals surface area contributed by atoms with Crippen molar-refractivity contribution in [3.05, 3.63) is 81.9 Å². The normalized spacial score (nSPS) is 11.0. The molecule has 3 rings (SSSR count). The Morgan fingerprint density at radius 3 is 2.65 bits per heavy atom. The van der Waals surface area contributed by atoms with Crippen LogP contribution in [0.3, 0.4) is 0 Å². The maximum Gasteiger partial charge on any atom is 0.254 e. The number of methoxy groups -OCH3 is 1. The Morgan fingerprint density at radius 2 is 1.94 bits per heavy atom. The van der Waals surface area contributed by atoms with Gasteiger partial charge in [0.15, 0.2) is 0 Å². The molecule has 0 saturated heterocycles. The summed E-state index contributed by atoms with van der Waals surface area (Å²) in [4.78, 5) is 21.6. The van der Waals surface area contributed by atoms with E-state index in [1.165, 1.54) is 0 Å². The average molecular weight is 461 g/mol. The number of carbonyl (C=O) groups excluding carboxylic acids is 1. The van der Waals surface area contributed by atoms with Crippen molar-refractivity contribution in [3.63, 3.8) is 0 Å². The molecule has 164 valence electrons. The number of hydrogen-bond acceptors (Lipinski definition) is 4. The lowest BCUT2D eigenvalue weighted by Crippen LogP contribution is -2.37. The van der Waals surface area contributed by atoms with E-state index in [1.54, 1.807) is 36.4 Å². The van der Waals surface area contributed by atoms with E-state index in [4.69, 9.17) is 27.9 Å². The highest BCUT2D eigenvalue weighted by atomic mass is 35.5. The third-order valence-corrected chi connectivity index (χ3v) is 5.50. The molecule has 0 radical (unpaired) electrons. The first kappa shape index (κ1) is 23.1. The number of ether oxygens (including phenoxy) is 1. The number of benzene rings is 2. The van der Waals surface area contributed by atoms with Gasteiger partial charge in [-0.15, -0.1) is 0 Å². The number of rotatable bonds is 9. The molecular formula is C23H26Cl2N4O2. The van der Waals surface area contributed by atoms with Gasteiger partial charge in [0.1, 0.15) is 11.6 Å². The van der Waals surface area contributed by atoms with Gasteiger partial charge in [0.05, 0.1) is 20.2 Å². The van der Waals surface area contributed by atoms with Gasteiger partial charge in [-0.05, 0) is 50.0 Å². The molecule has 0 aliphatic heterocycles. The minimum absolute atomic E-state index is 0.0696. The average Bonchev–Trinajstić information content (AvgIpc) is 3.19. The predicted octanol–water partition coefficient (Wildman–Crippen LogP) is 4.45. The highest BCUT2D eigenvalue weighted by molar-refractivity contribution is 6.35. The Balaban J connectivity index is 1.83. The predicted molar refractivity (Wildman–Crippen MR) is 124 cm³/mol. The first-order valence-electron chi connectivity index (χ1n) is 9.89. The molecule has 1 heterocycles. The van der Waals surface area contributed by atoms with Gasteiger partial charge >= 0.3 is 0 Å². The van der Waals surface area contributed by atoms with Crippen LogP contribution in [0.1, 0.15) is 21.7 Å². The summed E-state index contributed by atoms with van der Waals surface area (Å²) in [7, 11) is 5.56. The van der Waals surface area contributed by atoms with Crippen molar-refractivity contribution in [2.75, 3.05) is 34.3 Å². The molecule has 3 aromatic rings. The van der Waals surface area contributed by atoms with E-state index in [0.29, 0.717) is 41.0 Å². The molecular weight excluding hydrogens is 435 g/mol. The van der Waals surface area contributed by atoms with E-state index in [-0.39, 0.29) is 5.91 Å². The topological polar surface area (TPSA) is 50.6 Å². The SMILES string of the molecule is COc1cccc(C(=O)N(CCN(C)C)Cc2nccn2Cc2ccc(Cl)cc2Cl)c1. The van der Waals surface area contributed by atoms with Crippen molar-refractivity contribution in [2.24, 2.45) is 0 Å². The maximum atomic E-state index is 13.3. The Hall–Kier alpha value is -2.54. The summed E-state index contributed by atoms with van der Waals surface area (Å²) in [5.41, 5.74) is 1.52. The summed E-state index contributed by atoms with van der Waals surface area (Å²) in [5.74, 6) is 1.36. The summed E-state index contributed by atoms with van der Waals surface area (Å²) in [6.45, 7) is 2.22. The standard InChI is InChI=1S/C23H26Cl2N4O2/c1-27(2)11-12-29(23(30)17-5-4-6-20(13-17)31-3)16-22-26-9-10-28(22)15-18-7-8-19(24)14-21(18)25/h4-10,13-14H,11-12,15-16H2,1-3H3. The fourth-order valence-electron chi connectivity index (χ4n) is 3.15. The Kier molecular flexibility index (Phi) is 7.96. The number of likely N-dealkylation sites (N-methyl/N-ethyl adjacent to an activating group) is 1. The van der Waals surface area contributed by atoms with Crippen LogP contribution in [0.25, 0.3) is 0 Å². The molecule has 31 heavy (non-hydrogen) atoms. The highest BCUT2D eigenvalue weighted by Crippen LogP contribution is 2.22. The second kappa shape index (κ2) is 10.7. The zero-order valence-electron chi connectivity index (χ0n) is 17.9. The van der Waals surface area contributed by atoms with E-state index in [0.717, 1.165) is 17.9 Å². The Bertz CT molecular complexity index is 1040. The molecule has 8 heteroatoms. The first-order valence-corrected chi connectivity index (χ1v) is 10.6. The van der Waals surface area contributed by atoms with E-state index in [2.05, 4.69) is 4.98 Å². The molecule has 0 unspecified atom stereocenters. The molecule has 0 aliphatic rings. The van der Waals surface area contributed by atoms with E-state index < -0.39 is 0 Å². The van der Waals surface area contributed by atoms with E-state index in [9.17, 15) is 4.79 Å². The smallest absolute Gasteiger partial charge is 0.254 e. The van der Waals surface area contributed by atoms with Gasteiger partial charge in [-0.2, -0.15) is 0 Å². The van der Waals surface area contributed by atoms with Gasteiger partial charge in [-0.1, -0.05) is 35.3 Å². The second-order valence-electron chi connectivity index (χ2n) is 7.47. The van der Waals surface area contributed by atoms with Crippen LogP contribution < -0.4 is 4.74 Å². The molecule has 0 N–H and O–H groups in total. The lowest BCUT2D eigenvalue weighted by atomic mass is 10.2. The summed E-state index contributed by atoms with van der Waals surface area (Å²) in [6.07, 6.45) is 3.62. The number of aromatic nitrogens is 2. The van der Waals surface area contributed by atoms with Crippen molar-refractivity contribution in [3.8, 4) is 5.75 Å². The third kappa shape index (κ3) is 6.23. The molecule has 1 aromatic heterocycles. The molecule has 1 amide bonds. The van der Waals surface area contributed by atoms with Gasteiger partial charge in [0.2, 0.25) is 0 Å². The number of nitrogens with zero attached hydrogens (tertiary/aromatic N) is 4. The molecule has 0 fully saturated rings. The van der Waals surface area contributed by atoms with Gasteiger partial charge in [-0.25, -0.2) is 4.98 Å². The Morgan fingerprint density at radius 1 is 1.13 bits per heavy atom. The molecule has 2 aromatic carbocycles. The zero-order chi connectivity index (χ0) is 22.4. The quantitative estimate of drug-likeness (QED) is 0.473. The number of halogens is 2. The summed E-state index contributed by atoms with van der Waals surface area (Å²) in [6, 6.07) is 12.6. The van der Waals surface area contributed by atoms with E-state index in [1.807, 2.05) is 54.0 Å². The van der Waals surface area contributed by atoms with Crippen molar-refractivity contribution < 1.29 is 9.53 Å². The summed E-state index contributed by atoms with van der Waals surface area (Å²) >= 11 is 12.4. The summed E-state index contributed by atoms with van der Waals surface area (Å²) in [5, 5.41) is 1.20. The number of carbonyl (C=O) groups is 1. The first-order chi connectivity index (χ1) is 14.9. The fraction of sp³-hybridized carbons (Fsp3) is 0.304.